The Balaban J connectivity index is 1.91. The number of nitrogens with one attached hydrogen (secondary N) is 1. The van der Waals surface area contributed by atoms with Gasteiger partial charge in [0, 0.05) is 10.5 Å². The molecule has 4 heteroatoms. The fourth-order valence-corrected chi connectivity index (χ4v) is 3.48. The van der Waals surface area contributed by atoms with Crippen LogP contribution in [-0.4, -0.2) is 22.7 Å². The van der Waals surface area contributed by atoms with Crippen molar-refractivity contribution in [3.8, 4) is 0 Å². The molecule has 102 valence electrons. The zero-order chi connectivity index (χ0) is 13.7. The maximum Gasteiger partial charge on any atom is 0.231 e. The molecule has 0 bridgehead atoms. The summed E-state index contributed by atoms with van der Waals surface area (Å²) in [4.78, 5) is 12.6. The normalized spacial score (nSPS) is 33.6. The van der Waals surface area contributed by atoms with Gasteiger partial charge in [-0.15, -0.1) is 0 Å². The van der Waals surface area contributed by atoms with Gasteiger partial charge < -0.3 is 10.4 Å². The van der Waals surface area contributed by atoms with Crippen LogP contribution in [0.25, 0.3) is 0 Å². The zero-order valence-electron chi connectivity index (χ0n) is 10.9. The minimum Gasteiger partial charge on any atom is -0.390 e. The predicted molar refractivity (Wildman–Crippen MR) is 76.8 cm³/mol. The van der Waals surface area contributed by atoms with E-state index in [1.165, 1.54) is 0 Å². The van der Waals surface area contributed by atoms with Crippen LogP contribution in [0.4, 0.5) is 0 Å². The van der Waals surface area contributed by atoms with Crippen molar-refractivity contribution in [2.45, 2.75) is 49.7 Å². The molecule has 3 rings (SSSR count). The van der Waals surface area contributed by atoms with Crippen molar-refractivity contribution in [1.29, 1.82) is 0 Å². The molecule has 0 aromatic heterocycles. The monoisotopic (exact) mass is 323 g/mol. The zero-order valence-corrected chi connectivity index (χ0v) is 12.5. The first kappa shape index (κ1) is 13.1. The quantitative estimate of drug-likeness (QED) is 0.898. The highest BCUT2D eigenvalue weighted by Gasteiger charge is 2.57. The molecule has 1 aromatic rings. The maximum atomic E-state index is 12.6. The summed E-state index contributed by atoms with van der Waals surface area (Å²) in [6.45, 7) is 1.80. The summed E-state index contributed by atoms with van der Waals surface area (Å²) >= 11 is 3.45. The summed E-state index contributed by atoms with van der Waals surface area (Å²) in [5.74, 6) is 0.0691. The van der Waals surface area contributed by atoms with Crippen LogP contribution in [0.3, 0.4) is 0 Å². The Bertz CT molecular complexity index is 515. The molecule has 2 N–H and O–H groups in total. The van der Waals surface area contributed by atoms with E-state index in [4.69, 9.17) is 0 Å². The van der Waals surface area contributed by atoms with Gasteiger partial charge in [-0.3, -0.25) is 4.79 Å². The van der Waals surface area contributed by atoms with Gasteiger partial charge in [-0.2, -0.15) is 0 Å². The number of benzene rings is 1. The lowest BCUT2D eigenvalue weighted by molar-refractivity contribution is -0.145. The molecule has 2 fully saturated rings. The first-order valence-electron chi connectivity index (χ1n) is 6.71. The summed E-state index contributed by atoms with van der Waals surface area (Å²) in [7, 11) is 0. The molecule has 19 heavy (non-hydrogen) atoms. The van der Waals surface area contributed by atoms with Crippen LogP contribution >= 0.6 is 15.9 Å². The summed E-state index contributed by atoms with van der Waals surface area (Å²) in [5, 5.41) is 13.2. The van der Waals surface area contributed by atoms with Crippen molar-refractivity contribution in [2.75, 3.05) is 0 Å². The molecule has 0 spiro atoms. The Morgan fingerprint density at radius 3 is 2.63 bits per heavy atom. The molecule has 2 aliphatic rings. The van der Waals surface area contributed by atoms with Gasteiger partial charge in [-0.1, -0.05) is 28.1 Å². The Morgan fingerprint density at radius 2 is 2.11 bits per heavy atom. The highest BCUT2D eigenvalue weighted by molar-refractivity contribution is 9.10. The third-order valence-corrected chi connectivity index (χ3v) is 4.58. The third kappa shape index (κ3) is 2.43. The maximum absolute atomic E-state index is 12.6. The van der Waals surface area contributed by atoms with Crippen molar-refractivity contribution < 1.29 is 9.90 Å². The van der Waals surface area contributed by atoms with Crippen molar-refractivity contribution in [1.82, 2.24) is 5.32 Å². The summed E-state index contributed by atoms with van der Waals surface area (Å²) in [5.41, 5.74) is -0.300. The minimum absolute atomic E-state index is 0.0691. The van der Waals surface area contributed by atoms with Crippen LogP contribution < -0.4 is 5.32 Å². The Hall–Kier alpha value is -0.870. The summed E-state index contributed by atoms with van der Waals surface area (Å²) in [6, 6.07) is 8.21. The second-order valence-corrected chi connectivity index (χ2v) is 7.11. The molecule has 2 saturated carbocycles. The number of aliphatic hydroxyl groups is 1. The van der Waals surface area contributed by atoms with Crippen LogP contribution in [-0.2, 0) is 10.2 Å². The van der Waals surface area contributed by atoms with Gasteiger partial charge in [0.2, 0.25) is 5.91 Å². The SMILES string of the molecule is C[C@]1(O)C[C@@](C(=O)NC2CC2)(c2cccc(Br)c2)C1. The Labute approximate surface area is 121 Å². The van der Waals surface area contributed by atoms with Gasteiger partial charge >= 0.3 is 0 Å². The Morgan fingerprint density at radius 1 is 1.42 bits per heavy atom. The standard InChI is InChI=1S/C15H18BrNO2/c1-14(19)8-15(9-14,13(18)17-12-5-6-12)10-3-2-4-11(16)7-10/h2-4,7,12,19H,5-6,8-9H2,1H3,(H,17,18)/t14-,15-. The highest BCUT2D eigenvalue weighted by Crippen LogP contribution is 2.51. The number of halogens is 1. The van der Waals surface area contributed by atoms with Gasteiger partial charge in [-0.25, -0.2) is 0 Å². The van der Waals surface area contributed by atoms with E-state index in [2.05, 4.69) is 21.2 Å². The van der Waals surface area contributed by atoms with E-state index in [1.807, 2.05) is 24.3 Å². The van der Waals surface area contributed by atoms with E-state index in [0.717, 1.165) is 22.9 Å². The molecular formula is C15H18BrNO2. The number of amides is 1. The second-order valence-electron chi connectivity index (χ2n) is 6.19. The van der Waals surface area contributed by atoms with Crippen molar-refractivity contribution in [3.63, 3.8) is 0 Å². The number of rotatable bonds is 3. The van der Waals surface area contributed by atoms with Crippen LogP contribution in [0.5, 0.6) is 0 Å². The lowest BCUT2D eigenvalue weighted by Gasteiger charge is -2.50. The molecule has 0 aliphatic heterocycles. The van der Waals surface area contributed by atoms with Crippen molar-refractivity contribution in [3.05, 3.63) is 34.3 Å². The van der Waals surface area contributed by atoms with Gasteiger partial charge in [0.25, 0.3) is 0 Å². The predicted octanol–water partition coefficient (Wildman–Crippen LogP) is 2.51. The van der Waals surface area contributed by atoms with E-state index in [9.17, 15) is 9.90 Å². The fraction of sp³-hybridized carbons (Fsp3) is 0.533. The van der Waals surface area contributed by atoms with E-state index in [-0.39, 0.29) is 5.91 Å². The molecule has 0 heterocycles. The van der Waals surface area contributed by atoms with Crippen LogP contribution in [0.2, 0.25) is 0 Å². The van der Waals surface area contributed by atoms with Crippen molar-refractivity contribution >= 4 is 21.8 Å². The first-order chi connectivity index (χ1) is 8.91. The highest BCUT2D eigenvalue weighted by atomic mass is 79.9. The van der Waals surface area contributed by atoms with Crippen LogP contribution in [0.15, 0.2) is 28.7 Å². The van der Waals surface area contributed by atoms with Gasteiger partial charge in [0.15, 0.2) is 0 Å². The summed E-state index contributed by atoms with van der Waals surface area (Å²) in [6.07, 6.45) is 3.15. The minimum atomic E-state index is -0.733. The van der Waals surface area contributed by atoms with Gasteiger partial charge in [-0.05, 0) is 50.3 Å². The first-order valence-corrected chi connectivity index (χ1v) is 7.50. The topological polar surface area (TPSA) is 49.3 Å². The van der Waals surface area contributed by atoms with E-state index < -0.39 is 11.0 Å². The smallest absolute Gasteiger partial charge is 0.231 e. The molecule has 0 unspecified atom stereocenters. The molecule has 0 saturated heterocycles. The van der Waals surface area contributed by atoms with Gasteiger partial charge in [0.1, 0.15) is 0 Å². The average Bonchev–Trinajstić information content (AvgIpc) is 3.09. The number of carbonyl (C=O) groups is 1. The lowest BCUT2D eigenvalue weighted by atomic mass is 9.56. The largest absolute Gasteiger partial charge is 0.390 e. The number of hydrogen-bond donors (Lipinski definition) is 2. The average molecular weight is 324 g/mol. The number of hydrogen-bond acceptors (Lipinski definition) is 2. The van der Waals surface area contributed by atoms with Crippen LogP contribution in [0, 0.1) is 0 Å². The fourth-order valence-electron chi connectivity index (χ4n) is 3.08. The van der Waals surface area contributed by atoms with E-state index >= 15 is 0 Å². The van der Waals surface area contributed by atoms with Crippen LogP contribution in [0.1, 0.15) is 38.2 Å². The lowest BCUT2D eigenvalue weighted by Crippen LogP contribution is -2.60. The molecule has 3 nitrogen and oxygen atoms in total. The van der Waals surface area contributed by atoms with E-state index in [1.54, 1.807) is 6.92 Å². The van der Waals surface area contributed by atoms with Gasteiger partial charge in [0.05, 0.1) is 11.0 Å². The summed E-state index contributed by atoms with van der Waals surface area (Å²) < 4.78 is 0.968. The molecule has 1 aromatic carbocycles. The molecule has 0 atom stereocenters. The van der Waals surface area contributed by atoms with E-state index in [0.29, 0.717) is 18.9 Å². The molecular weight excluding hydrogens is 306 g/mol. The molecule has 1 amide bonds. The second kappa shape index (κ2) is 4.32. The number of carbonyl (C=O) groups excluding carboxylic acids is 1. The third-order valence-electron chi connectivity index (χ3n) is 4.09. The molecule has 0 radical (unpaired) electrons. The van der Waals surface area contributed by atoms with Crippen molar-refractivity contribution in [2.24, 2.45) is 0 Å². The Kier molecular flexibility index (Phi) is 2.98. The molecule has 2 aliphatic carbocycles.